The standard InChI is InChI=1S/C30H37F2NO6/c1-17-12-20-21-15-23(31)22-14-19(34)8-9-27(22,2)29(21,32)24(35)16-28(20,3)30(17,26(37)38-11-10-33)39-25(36)13-18-6-4-5-7-18/h8-9,14,17-18,20-21,23-24,35H,4-7,11-13,15-16H2,1-3H3/t17-,20?,21?,23+,24+,27+,28+,29+,30+/m1/s1. The Kier molecular flexibility index (Phi) is 6.81. The van der Waals surface area contributed by atoms with Gasteiger partial charge in [0.05, 0.1) is 6.10 Å². The number of fused-ring (bicyclic) bond motifs is 5. The van der Waals surface area contributed by atoms with E-state index in [-0.39, 0.29) is 37.2 Å². The molecule has 0 spiro atoms. The van der Waals surface area contributed by atoms with E-state index in [2.05, 4.69) is 0 Å². The zero-order valence-corrected chi connectivity index (χ0v) is 22.8. The second-order valence-corrected chi connectivity index (χ2v) is 12.8. The molecule has 5 aliphatic rings. The molecule has 4 fully saturated rings. The number of aliphatic hydroxyl groups is 1. The van der Waals surface area contributed by atoms with E-state index in [1.165, 1.54) is 19.1 Å². The lowest BCUT2D eigenvalue weighted by Gasteiger charge is -2.63. The van der Waals surface area contributed by atoms with Crippen molar-refractivity contribution >= 4 is 17.7 Å². The molecule has 0 aromatic carbocycles. The molecule has 0 aliphatic heterocycles. The van der Waals surface area contributed by atoms with Crippen LogP contribution in [0.25, 0.3) is 0 Å². The monoisotopic (exact) mass is 545 g/mol. The van der Waals surface area contributed by atoms with Gasteiger partial charge in [-0.25, -0.2) is 13.6 Å². The van der Waals surface area contributed by atoms with Gasteiger partial charge in [0, 0.05) is 29.1 Å². The van der Waals surface area contributed by atoms with Crippen molar-refractivity contribution in [1.82, 2.24) is 0 Å². The first kappa shape index (κ1) is 27.9. The Balaban J connectivity index is 1.57. The number of ketones is 1. The number of rotatable bonds is 5. The van der Waals surface area contributed by atoms with Crippen molar-refractivity contribution in [3.8, 4) is 6.07 Å². The molecule has 5 aliphatic carbocycles. The van der Waals surface area contributed by atoms with Crippen molar-refractivity contribution in [2.75, 3.05) is 6.61 Å². The van der Waals surface area contributed by atoms with Crippen LogP contribution in [0.5, 0.6) is 0 Å². The Morgan fingerprint density at radius 3 is 2.56 bits per heavy atom. The molecular formula is C30H37F2NO6. The number of carbonyl (C=O) groups is 3. The van der Waals surface area contributed by atoms with Crippen molar-refractivity contribution in [1.29, 1.82) is 5.26 Å². The number of alkyl halides is 2. The SMILES string of the molecule is C[C@@H]1CC2C3C[C@H](F)C4=CC(=O)C=C[C@]4(C)[C@@]3(F)[C@@H](O)C[C@]2(C)[C@@]1(OC(=O)CC1CCCC1)C(=O)OCC#N. The van der Waals surface area contributed by atoms with Gasteiger partial charge in [-0.3, -0.25) is 9.59 Å². The Morgan fingerprint density at radius 1 is 1.21 bits per heavy atom. The summed E-state index contributed by atoms with van der Waals surface area (Å²) in [7, 11) is 0. The van der Waals surface area contributed by atoms with Gasteiger partial charge in [0.2, 0.25) is 5.60 Å². The molecule has 0 radical (unpaired) electrons. The van der Waals surface area contributed by atoms with E-state index in [1.807, 2.05) is 0 Å². The van der Waals surface area contributed by atoms with Gasteiger partial charge in [0.15, 0.2) is 18.1 Å². The lowest BCUT2D eigenvalue weighted by atomic mass is 9.44. The molecule has 1 N–H and O–H groups in total. The summed E-state index contributed by atoms with van der Waals surface area (Å²) in [5, 5.41) is 20.7. The molecule has 0 aromatic heterocycles. The summed E-state index contributed by atoms with van der Waals surface area (Å²) in [5.74, 6) is -4.02. The average molecular weight is 546 g/mol. The zero-order valence-electron chi connectivity index (χ0n) is 22.8. The van der Waals surface area contributed by atoms with E-state index < -0.39 is 76.5 Å². The average Bonchev–Trinajstić information content (AvgIpc) is 3.46. The first-order chi connectivity index (χ1) is 18.3. The molecule has 2 unspecified atom stereocenters. The second kappa shape index (κ2) is 9.50. The molecule has 212 valence electrons. The van der Waals surface area contributed by atoms with Gasteiger partial charge < -0.3 is 14.6 Å². The van der Waals surface area contributed by atoms with E-state index in [4.69, 9.17) is 14.7 Å². The maximum atomic E-state index is 17.5. The first-order valence-corrected chi connectivity index (χ1v) is 14.1. The highest BCUT2D eigenvalue weighted by atomic mass is 19.1. The number of hydrogen-bond donors (Lipinski definition) is 1. The molecule has 7 nitrogen and oxygen atoms in total. The number of esters is 2. The maximum absolute atomic E-state index is 17.5. The van der Waals surface area contributed by atoms with Gasteiger partial charge in [0.1, 0.15) is 12.2 Å². The third-order valence-electron chi connectivity index (χ3n) is 10.9. The summed E-state index contributed by atoms with van der Waals surface area (Å²) < 4.78 is 44.6. The van der Waals surface area contributed by atoms with E-state index in [9.17, 15) is 19.5 Å². The van der Waals surface area contributed by atoms with Crippen molar-refractivity contribution in [2.45, 2.75) is 95.7 Å². The van der Waals surface area contributed by atoms with Crippen molar-refractivity contribution in [2.24, 2.45) is 34.5 Å². The van der Waals surface area contributed by atoms with E-state index in [1.54, 1.807) is 19.9 Å². The summed E-state index contributed by atoms with van der Waals surface area (Å²) in [6, 6.07) is 1.77. The molecule has 9 heteroatoms. The molecular weight excluding hydrogens is 508 g/mol. The molecule has 0 aromatic rings. The van der Waals surface area contributed by atoms with Crippen LogP contribution in [0.3, 0.4) is 0 Å². The quantitative estimate of drug-likeness (QED) is 0.507. The summed E-state index contributed by atoms with van der Waals surface area (Å²) in [5.41, 5.74) is -7.00. The minimum Gasteiger partial charge on any atom is -0.447 e. The highest BCUT2D eigenvalue weighted by Crippen LogP contribution is 2.71. The highest BCUT2D eigenvalue weighted by Gasteiger charge is 2.78. The van der Waals surface area contributed by atoms with Crippen LogP contribution in [-0.4, -0.2) is 53.0 Å². The minimum atomic E-state index is -2.32. The lowest BCUT2D eigenvalue weighted by Crippen LogP contribution is -2.71. The molecule has 39 heavy (non-hydrogen) atoms. The third kappa shape index (κ3) is 3.77. The van der Waals surface area contributed by atoms with Crippen LogP contribution in [0.4, 0.5) is 8.78 Å². The summed E-state index contributed by atoms with van der Waals surface area (Å²) in [4.78, 5) is 39.1. The fourth-order valence-electron chi connectivity index (χ4n) is 9.09. The van der Waals surface area contributed by atoms with Gasteiger partial charge in [-0.1, -0.05) is 32.8 Å². The van der Waals surface area contributed by atoms with E-state index in [0.717, 1.165) is 31.8 Å². The molecule has 0 amide bonds. The zero-order chi connectivity index (χ0) is 28.4. The van der Waals surface area contributed by atoms with Gasteiger partial charge in [0.25, 0.3) is 0 Å². The maximum Gasteiger partial charge on any atom is 0.352 e. The fraction of sp³-hybridized carbons (Fsp3) is 0.733. The van der Waals surface area contributed by atoms with Crippen LogP contribution in [0.1, 0.15) is 72.1 Å². The lowest BCUT2D eigenvalue weighted by molar-refractivity contribution is -0.239. The Hall–Kier alpha value is -2.60. The smallest absolute Gasteiger partial charge is 0.352 e. The Labute approximate surface area is 227 Å². The number of ether oxygens (including phenoxy) is 2. The summed E-state index contributed by atoms with van der Waals surface area (Å²) in [6.07, 6.45) is 4.14. The largest absolute Gasteiger partial charge is 0.447 e. The summed E-state index contributed by atoms with van der Waals surface area (Å²) in [6.45, 7) is 4.39. The minimum absolute atomic E-state index is 0.0186. The predicted molar refractivity (Wildman–Crippen MR) is 135 cm³/mol. The number of halogens is 2. The van der Waals surface area contributed by atoms with Crippen LogP contribution in [0.2, 0.25) is 0 Å². The van der Waals surface area contributed by atoms with Crippen LogP contribution in [0, 0.1) is 45.8 Å². The van der Waals surface area contributed by atoms with Crippen LogP contribution in [0.15, 0.2) is 23.8 Å². The number of nitriles is 1. The molecule has 4 saturated carbocycles. The number of hydrogen-bond acceptors (Lipinski definition) is 7. The van der Waals surface area contributed by atoms with Crippen molar-refractivity contribution < 1.29 is 37.7 Å². The molecule has 5 rings (SSSR count). The van der Waals surface area contributed by atoms with E-state index >= 15 is 8.78 Å². The fourth-order valence-corrected chi connectivity index (χ4v) is 9.09. The number of aliphatic hydroxyl groups excluding tert-OH is 1. The predicted octanol–water partition coefficient (Wildman–Crippen LogP) is 4.48. The topological polar surface area (TPSA) is 114 Å². The molecule has 0 bridgehead atoms. The normalized spacial score (nSPS) is 45.0. The Morgan fingerprint density at radius 2 is 1.90 bits per heavy atom. The Bertz CT molecular complexity index is 1170. The van der Waals surface area contributed by atoms with Crippen LogP contribution < -0.4 is 0 Å². The number of nitrogens with zero attached hydrogens (tertiary/aromatic N) is 1. The van der Waals surface area contributed by atoms with Crippen LogP contribution in [-0.2, 0) is 23.9 Å². The molecule has 9 atom stereocenters. The van der Waals surface area contributed by atoms with Crippen molar-refractivity contribution in [3.63, 3.8) is 0 Å². The van der Waals surface area contributed by atoms with Gasteiger partial charge in [-0.15, -0.1) is 0 Å². The molecule has 0 saturated heterocycles. The van der Waals surface area contributed by atoms with E-state index in [0.29, 0.717) is 0 Å². The molecule has 0 heterocycles. The van der Waals surface area contributed by atoms with Crippen molar-refractivity contribution in [3.05, 3.63) is 23.8 Å². The second-order valence-electron chi connectivity index (χ2n) is 12.8. The van der Waals surface area contributed by atoms with Gasteiger partial charge in [-0.2, -0.15) is 5.26 Å². The first-order valence-electron chi connectivity index (χ1n) is 14.1. The van der Waals surface area contributed by atoms with Gasteiger partial charge >= 0.3 is 11.9 Å². The van der Waals surface area contributed by atoms with Crippen LogP contribution >= 0.6 is 0 Å². The third-order valence-corrected chi connectivity index (χ3v) is 10.9. The number of allylic oxidation sites excluding steroid dienone is 4. The highest BCUT2D eigenvalue weighted by molar-refractivity contribution is 6.01. The number of carbonyl (C=O) groups excluding carboxylic acids is 3. The summed E-state index contributed by atoms with van der Waals surface area (Å²) >= 11 is 0. The van der Waals surface area contributed by atoms with Gasteiger partial charge in [-0.05, 0) is 68.6 Å².